The molecule has 0 aliphatic rings. The van der Waals surface area contributed by atoms with Crippen molar-refractivity contribution in [1.82, 2.24) is 14.6 Å². The maximum Gasteiger partial charge on any atom is 0.341 e. The van der Waals surface area contributed by atoms with Crippen LogP contribution in [0, 0.1) is 13.8 Å². The van der Waals surface area contributed by atoms with E-state index in [1.54, 1.807) is 13.8 Å². The van der Waals surface area contributed by atoms with Crippen LogP contribution in [0.1, 0.15) is 67.6 Å². The summed E-state index contributed by atoms with van der Waals surface area (Å²) in [6.07, 6.45) is -2.16. The first-order valence-corrected chi connectivity index (χ1v) is 9.91. The molecular weight excluding hydrogens is 432 g/mol. The number of primary amides is 1. The third kappa shape index (κ3) is 4.24. The van der Waals surface area contributed by atoms with E-state index in [1.165, 1.54) is 19.9 Å². The summed E-state index contributed by atoms with van der Waals surface area (Å²) < 4.78 is 32.7. The SMILES string of the molecule is Cc1cc(C(F)F)n2ncc(C(=O)Nc3sc(C(N)=O)c(C)c3C(=O)OC(C)C)c2n1. The van der Waals surface area contributed by atoms with Crippen molar-refractivity contribution in [3.05, 3.63) is 45.2 Å². The summed E-state index contributed by atoms with van der Waals surface area (Å²) in [5.74, 6) is -2.25. The van der Waals surface area contributed by atoms with E-state index < -0.39 is 36.0 Å². The molecule has 0 radical (unpaired) electrons. The number of hydrogen-bond donors (Lipinski definition) is 2. The minimum Gasteiger partial charge on any atom is -0.459 e. The number of anilines is 1. The molecule has 3 rings (SSSR count). The second-order valence-electron chi connectivity index (χ2n) is 6.95. The van der Waals surface area contributed by atoms with Gasteiger partial charge in [-0.1, -0.05) is 0 Å². The predicted molar refractivity (Wildman–Crippen MR) is 109 cm³/mol. The maximum atomic E-state index is 13.3. The lowest BCUT2D eigenvalue weighted by Crippen LogP contribution is -2.17. The molecule has 0 spiro atoms. The molecule has 0 aromatic carbocycles. The van der Waals surface area contributed by atoms with Crippen molar-refractivity contribution in [1.29, 1.82) is 0 Å². The molecule has 164 valence electrons. The Morgan fingerprint density at radius 2 is 1.94 bits per heavy atom. The Morgan fingerprint density at radius 1 is 1.26 bits per heavy atom. The van der Waals surface area contributed by atoms with Crippen LogP contribution in [0.4, 0.5) is 13.8 Å². The minimum atomic E-state index is -2.82. The van der Waals surface area contributed by atoms with Gasteiger partial charge in [0.25, 0.3) is 18.2 Å². The standard InChI is InChI=1S/C19H19F2N5O4S/c1-7(2)30-19(29)12-9(4)13(15(22)27)31-18(12)25-17(28)10-6-23-26-11(14(20)21)5-8(3)24-16(10)26/h5-7,14H,1-4H3,(H2,22,27)(H,25,28). The van der Waals surface area contributed by atoms with Crippen molar-refractivity contribution in [2.75, 3.05) is 5.32 Å². The average Bonchev–Trinajstić information content (AvgIpc) is 3.21. The second-order valence-corrected chi connectivity index (χ2v) is 7.97. The molecule has 3 aromatic heterocycles. The van der Waals surface area contributed by atoms with Crippen molar-refractivity contribution in [3.8, 4) is 0 Å². The fourth-order valence-corrected chi connectivity index (χ4v) is 4.00. The topological polar surface area (TPSA) is 129 Å². The number of aromatic nitrogens is 3. The Morgan fingerprint density at radius 3 is 2.52 bits per heavy atom. The fourth-order valence-electron chi connectivity index (χ4n) is 2.95. The molecule has 0 saturated heterocycles. The van der Waals surface area contributed by atoms with Gasteiger partial charge in [0.1, 0.15) is 16.3 Å². The zero-order chi connectivity index (χ0) is 23.0. The molecule has 3 heterocycles. The molecule has 0 unspecified atom stereocenters. The van der Waals surface area contributed by atoms with E-state index in [4.69, 9.17) is 10.5 Å². The first-order chi connectivity index (χ1) is 14.5. The van der Waals surface area contributed by atoms with Crippen molar-refractivity contribution in [2.24, 2.45) is 5.73 Å². The minimum absolute atomic E-state index is 0.00488. The van der Waals surface area contributed by atoms with Gasteiger partial charge in [0.2, 0.25) is 0 Å². The summed E-state index contributed by atoms with van der Waals surface area (Å²) in [5, 5.41) is 6.42. The number of nitrogens with zero attached hydrogens (tertiary/aromatic N) is 3. The molecule has 3 aromatic rings. The molecule has 0 aliphatic heterocycles. The Balaban J connectivity index is 2.05. The van der Waals surface area contributed by atoms with Crippen molar-refractivity contribution >= 4 is 39.8 Å². The first kappa shape index (κ1) is 22.3. The molecule has 31 heavy (non-hydrogen) atoms. The normalized spacial score (nSPS) is 11.4. The molecule has 0 bridgehead atoms. The van der Waals surface area contributed by atoms with Gasteiger partial charge in [-0.05, 0) is 39.3 Å². The highest BCUT2D eigenvalue weighted by Gasteiger charge is 2.28. The van der Waals surface area contributed by atoms with Gasteiger partial charge in [0.15, 0.2) is 5.65 Å². The van der Waals surface area contributed by atoms with Crippen LogP contribution in [0.3, 0.4) is 0 Å². The number of amides is 2. The van der Waals surface area contributed by atoms with Crippen LogP contribution in [0.2, 0.25) is 0 Å². The van der Waals surface area contributed by atoms with Crippen molar-refractivity contribution in [3.63, 3.8) is 0 Å². The van der Waals surface area contributed by atoms with Gasteiger partial charge >= 0.3 is 5.97 Å². The molecule has 9 nitrogen and oxygen atoms in total. The lowest BCUT2D eigenvalue weighted by molar-refractivity contribution is 0.0379. The molecule has 0 atom stereocenters. The van der Waals surface area contributed by atoms with Gasteiger partial charge in [-0.15, -0.1) is 11.3 Å². The highest BCUT2D eigenvalue weighted by Crippen LogP contribution is 2.34. The Hall–Kier alpha value is -3.41. The molecule has 12 heteroatoms. The third-order valence-electron chi connectivity index (χ3n) is 4.24. The van der Waals surface area contributed by atoms with E-state index >= 15 is 0 Å². The molecular formula is C19H19F2N5O4S. The summed E-state index contributed by atoms with van der Waals surface area (Å²) in [6.45, 7) is 6.33. The van der Waals surface area contributed by atoms with E-state index in [1.807, 2.05) is 0 Å². The van der Waals surface area contributed by atoms with Gasteiger partial charge in [0, 0.05) is 5.69 Å². The summed E-state index contributed by atoms with van der Waals surface area (Å²) in [4.78, 5) is 41.4. The first-order valence-electron chi connectivity index (χ1n) is 9.10. The number of aryl methyl sites for hydroxylation is 1. The smallest absolute Gasteiger partial charge is 0.341 e. The fraction of sp³-hybridized carbons (Fsp3) is 0.316. The van der Waals surface area contributed by atoms with E-state index in [0.717, 1.165) is 22.0 Å². The lowest BCUT2D eigenvalue weighted by Gasteiger charge is -2.10. The Bertz CT molecular complexity index is 1200. The van der Waals surface area contributed by atoms with E-state index in [-0.39, 0.29) is 37.9 Å². The largest absolute Gasteiger partial charge is 0.459 e. The Labute approximate surface area is 179 Å². The van der Waals surface area contributed by atoms with Crippen LogP contribution >= 0.6 is 11.3 Å². The van der Waals surface area contributed by atoms with Crippen LogP contribution in [0.15, 0.2) is 12.3 Å². The highest BCUT2D eigenvalue weighted by molar-refractivity contribution is 7.18. The third-order valence-corrected chi connectivity index (χ3v) is 5.46. The number of alkyl halides is 2. The van der Waals surface area contributed by atoms with Crippen LogP contribution < -0.4 is 11.1 Å². The summed E-state index contributed by atoms with van der Waals surface area (Å²) in [7, 11) is 0. The summed E-state index contributed by atoms with van der Waals surface area (Å²) in [6, 6.07) is 1.17. The van der Waals surface area contributed by atoms with Crippen LogP contribution in [-0.2, 0) is 4.74 Å². The predicted octanol–water partition coefficient (Wildman–Crippen LogP) is 3.26. The van der Waals surface area contributed by atoms with Gasteiger partial charge in [-0.25, -0.2) is 23.1 Å². The quantitative estimate of drug-likeness (QED) is 0.554. The van der Waals surface area contributed by atoms with Crippen LogP contribution in [0.25, 0.3) is 5.65 Å². The molecule has 0 saturated carbocycles. The van der Waals surface area contributed by atoms with Gasteiger partial charge < -0.3 is 15.8 Å². The highest BCUT2D eigenvalue weighted by atomic mass is 32.1. The number of esters is 1. The molecule has 0 fully saturated rings. The van der Waals surface area contributed by atoms with Gasteiger partial charge in [-0.2, -0.15) is 5.10 Å². The molecule has 0 aliphatic carbocycles. The van der Waals surface area contributed by atoms with Crippen LogP contribution in [-0.4, -0.2) is 38.5 Å². The van der Waals surface area contributed by atoms with E-state index in [2.05, 4.69) is 15.4 Å². The zero-order valence-electron chi connectivity index (χ0n) is 17.0. The second kappa shape index (κ2) is 8.38. The number of fused-ring (bicyclic) bond motifs is 1. The monoisotopic (exact) mass is 451 g/mol. The van der Waals surface area contributed by atoms with Gasteiger partial charge in [0.05, 0.1) is 22.7 Å². The number of carbonyl (C=O) groups is 3. The summed E-state index contributed by atoms with van der Waals surface area (Å²) >= 11 is 0.817. The van der Waals surface area contributed by atoms with Gasteiger partial charge in [-0.3, -0.25) is 9.59 Å². The number of nitrogens with two attached hydrogens (primary N) is 1. The molecule has 3 N–H and O–H groups in total. The number of ether oxygens (including phenoxy) is 1. The van der Waals surface area contributed by atoms with E-state index in [9.17, 15) is 23.2 Å². The number of rotatable bonds is 6. The number of carbonyl (C=O) groups excluding carboxylic acids is 3. The number of nitrogens with one attached hydrogen (secondary N) is 1. The zero-order valence-corrected chi connectivity index (χ0v) is 17.8. The van der Waals surface area contributed by atoms with Crippen molar-refractivity contribution < 1.29 is 27.9 Å². The van der Waals surface area contributed by atoms with Crippen molar-refractivity contribution in [2.45, 2.75) is 40.2 Å². The van der Waals surface area contributed by atoms with E-state index in [0.29, 0.717) is 0 Å². The molecule has 2 amide bonds. The lowest BCUT2D eigenvalue weighted by atomic mass is 10.1. The number of thiophene rings is 1. The Kier molecular flexibility index (Phi) is 6.02. The number of hydrogen-bond acceptors (Lipinski definition) is 7. The summed E-state index contributed by atoms with van der Waals surface area (Å²) in [5.41, 5.74) is 5.36. The number of halogens is 2. The van der Waals surface area contributed by atoms with Crippen LogP contribution in [0.5, 0.6) is 0 Å². The maximum absolute atomic E-state index is 13.3. The average molecular weight is 451 g/mol.